The second-order valence-corrected chi connectivity index (χ2v) is 13.3. The van der Waals surface area contributed by atoms with E-state index in [1.54, 1.807) is 18.2 Å². The third kappa shape index (κ3) is 53.3. The standard InChI is InChI=1S/2C12H22N6O.C9H16ClN5.C3H6I.C3H7NO.2CH4.2ClH.Na.H2O.V/c2*1-4-7-13-10-15-11(14-8-5-2)17-12(16-10)18-19-9-6-3;1-3-5-11-8-13-7(10)14-9(15-8)12-6-4-2;1-2-3-4;1-2-3-5-4;;;;;;;/h2*6H,3-5,7-9H2,1-2H3,(H3,13,14,15,16,17,18);3-6H2,1-2H3,(H2,11,12,13,14,15);3H,2H2,1H3;2H,1,3-4H2;2*1H4;2*1H;;1H2;/q;;;-1;;;;;;+1;;/p-1. The van der Waals surface area contributed by atoms with Crippen LogP contribution in [0.1, 0.15) is 108 Å². The van der Waals surface area contributed by atoms with Crippen molar-refractivity contribution in [1.82, 2.24) is 39.9 Å². The molecule has 0 aromatic carbocycles. The zero-order chi connectivity index (χ0) is 46.5. The van der Waals surface area contributed by atoms with E-state index in [-0.39, 0.29) is 98.5 Å². The van der Waals surface area contributed by atoms with Crippen molar-refractivity contribution in [3.63, 3.8) is 0 Å². The number of aromatic nitrogens is 9. The Balaban J connectivity index is -0.0000000983. The van der Waals surface area contributed by atoms with Gasteiger partial charge >= 0.3 is 47.4 Å². The first kappa shape index (κ1) is 86.4. The Kier molecular flexibility index (Phi) is 82.2. The van der Waals surface area contributed by atoms with Crippen LogP contribution in [0.5, 0.6) is 0 Å². The van der Waals surface area contributed by atoms with Crippen LogP contribution in [0.2, 0.25) is 5.28 Å². The number of nitrogens with one attached hydrogen (secondary N) is 9. The first-order valence-electron chi connectivity index (χ1n) is 20.9. The third-order valence-electron chi connectivity index (χ3n) is 6.23. The smallest absolute Gasteiger partial charge is 1.00 e. The molecule has 12 N–H and O–H groups in total. The molecule has 0 spiro atoms. The number of hydrogen-bond donors (Lipinski definition) is 9. The SMILES string of the molecule is C.C.C=CCON.C=CCONc1nc(NCCC)[nH+]c(NCCC)n1.C=CCONc1nc(NCCC)nc(NCCC)n1.CCCNc1nc(Cl)nc(NCCC)n1.CC[CH-]I.Cl.[Cl-].[Na+].[OH-].[V]. The van der Waals surface area contributed by atoms with Gasteiger partial charge in [0.2, 0.25) is 29.1 Å². The van der Waals surface area contributed by atoms with E-state index >= 15 is 0 Å². The molecule has 3 aromatic heterocycles. The average Bonchev–Trinajstić information content (AvgIpc) is 3.28. The fourth-order valence-electron chi connectivity index (χ4n) is 3.54. The largest absolute Gasteiger partial charge is 1.00 e. The van der Waals surface area contributed by atoms with Crippen molar-refractivity contribution >= 4 is 94.2 Å². The molecule has 28 heteroatoms. The van der Waals surface area contributed by atoms with Gasteiger partial charge < -0.3 is 77.2 Å². The van der Waals surface area contributed by atoms with Gasteiger partial charge in [-0.2, -0.15) is 36.3 Å². The number of hydrogen-bond acceptors (Lipinski definition) is 21. The van der Waals surface area contributed by atoms with Gasteiger partial charge in [0.05, 0.1) is 19.8 Å². The Hall–Kier alpha value is -2.37. The molecule has 3 aromatic rings. The average molecular weight is 1200 g/mol. The molecule has 0 amide bonds. The van der Waals surface area contributed by atoms with Gasteiger partial charge in [0.15, 0.2) is 0 Å². The quantitative estimate of drug-likeness (QED) is 0.0120. The first-order valence-corrected chi connectivity index (χ1v) is 22.5. The van der Waals surface area contributed by atoms with Gasteiger partial charge in [-0.25, -0.2) is 21.8 Å². The summed E-state index contributed by atoms with van der Waals surface area (Å²) >= 11 is 7.99. The summed E-state index contributed by atoms with van der Waals surface area (Å²) in [7, 11) is 0. The van der Waals surface area contributed by atoms with E-state index < -0.39 is 0 Å². The van der Waals surface area contributed by atoms with Crippen LogP contribution in [0.3, 0.4) is 0 Å². The Bertz CT molecular complexity index is 1410. The number of H-pyrrole nitrogens is 1. The number of rotatable bonds is 29. The van der Waals surface area contributed by atoms with Gasteiger partial charge in [0.25, 0.3) is 5.95 Å². The normalized spacial score (nSPS) is 8.67. The molecule has 0 bridgehead atoms. The van der Waals surface area contributed by atoms with Crippen molar-refractivity contribution in [1.29, 1.82) is 0 Å². The summed E-state index contributed by atoms with van der Waals surface area (Å²) in [6.45, 7) is 31.2. The van der Waals surface area contributed by atoms with Crippen LogP contribution in [0.25, 0.3) is 0 Å². The Morgan fingerprint density at radius 2 is 0.841 bits per heavy atom. The summed E-state index contributed by atoms with van der Waals surface area (Å²) < 4.78 is 2.09. The first-order chi connectivity index (χ1) is 30.2. The van der Waals surface area contributed by atoms with E-state index in [4.69, 9.17) is 21.3 Å². The van der Waals surface area contributed by atoms with E-state index in [9.17, 15) is 0 Å². The van der Waals surface area contributed by atoms with Crippen molar-refractivity contribution in [2.75, 3.05) is 102 Å². The number of anilines is 8. The molecule has 0 aliphatic carbocycles. The molecule has 1 radical (unpaired) electrons. The zero-order valence-electron chi connectivity index (χ0n) is 40.6. The predicted octanol–water partition coefficient (Wildman–Crippen LogP) is 3.26. The molecule has 0 unspecified atom stereocenters. The maximum absolute atomic E-state index is 5.77. The summed E-state index contributed by atoms with van der Waals surface area (Å²) in [6.07, 6.45) is 12.1. The van der Waals surface area contributed by atoms with E-state index in [1.165, 1.54) is 6.42 Å². The van der Waals surface area contributed by atoms with Crippen LogP contribution < -0.4 is 95.7 Å². The van der Waals surface area contributed by atoms with Gasteiger partial charge in [-0.15, -0.1) is 32.1 Å². The van der Waals surface area contributed by atoms with E-state index in [1.807, 2.05) is 0 Å². The maximum Gasteiger partial charge on any atom is 1.00 e. The van der Waals surface area contributed by atoms with E-state index in [0.29, 0.717) is 67.4 Å². The Morgan fingerprint density at radius 1 is 0.565 bits per heavy atom. The predicted molar refractivity (Wildman–Crippen MR) is 287 cm³/mol. The van der Waals surface area contributed by atoms with Crippen molar-refractivity contribution in [2.45, 2.75) is 108 Å². The molecule has 0 saturated heterocycles. The number of nitrogens with zero attached hydrogens (tertiary/aromatic N) is 8. The van der Waals surface area contributed by atoms with Crippen molar-refractivity contribution < 1.29 is 85.5 Å². The van der Waals surface area contributed by atoms with Crippen LogP contribution in [0, 0.1) is 4.43 Å². The van der Waals surface area contributed by atoms with Crippen LogP contribution in [0.15, 0.2) is 38.0 Å². The molecular weight excluding hydrogens is 1120 g/mol. The fourth-order valence-corrected chi connectivity index (χ4v) is 3.70. The van der Waals surface area contributed by atoms with Crippen LogP contribution in [0.4, 0.5) is 47.6 Å². The van der Waals surface area contributed by atoms with Crippen LogP contribution in [-0.2, 0) is 33.1 Å². The van der Waals surface area contributed by atoms with E-state index in [2.05, 4.69) is 194 Å². The molecule has 397 valence electrons. The zero-order valence-corrected chi connectivity index (χ0v) is 48.4. The molecule has 69 heavy (non-hydrogen) atoms. The molecule has 0 fully saturated rings. The van der Waals surface area contributed by atoms with Gasteiger partial charge in [-0.1, -0.05) is 91.5 Å². The Morgan fingerprint density at radius 3 is 1.10 bits per heavy atom. The summed E-state index contributed by atoms with van der Waals surface area (Å²) in [6, 6.07) is 0. The van der Waals surface area contributed by atoms with Gasteiger partial charge in [0.1, 0.15) is 0 Å². The number of nitrogens with two attached hydrogens (primary N) is 1. The monoisotopic (exact) mass is 1200 g/mol. The molecule has 0 atom stereocenters. The van der Waals surface area contributed by atoms with E-state index in [0.717, 1.165) is 77.8 Å². The summed E-state index contributed by atoms with van der Waals surface area (Å²) in [5, 5.41) is 18.9. The minimum atomic E-state index is 0. The van der Waals surface area contributed by atoms with Gasteiger partial charge in [0, 0.05) is 57.8 Å². The molecular formula is C41H84Cl3IN18NaO4V-. The molecule has 3 rings (SSSR count). The molecule has 0 aliphatic heterocycles. The molecule has 0 aliphatic rings. The fraction of sp³-hybridized carbons (Fsp3) is 0.610. The van der Waals surface area contributed by atoms with Crippen molar-refractivity contribution in [3.05, 3.63) is 47.7 Å². The molecule has 22 nitrogen and oxygen atoms in total. The summed E-state index contributed by atoms with van der Waals surface area (Å²) in [5.41, 5.74) is 5.35. The number of halogens is 4. The Labute approximate surface area is 479 Å². The van der Waals surface area contributed by atoms with Crippen LogP contribution in [-0.4, -0.2) is 104 Å². The minimum Gasteiger partial charge on any atom is -1.00 e. The van der Waals surface area contributed by atoms with Crippen LogP contribution >= 0.6 is 46.6 Å². The second-order valence-electron chi connectivity index (χ2n) is 12.1. The maximum atomic E-state index is 5.77. The third-order valence-corrected chi connectivity index (χ3v) is 7.28. The van der Waals surface area contributed by atoms with Crippen molar-refractivity contribution in [3.8, 4) is 0 Å². The summed E-state index contributed by atoms with van der Waals surface area (Å²) in [4.78, 5) is 50.7. The number of aromatic amines is 1. The molecule has 0 saturated carbocycles. The summed E-state index contributed by atoms with van der Waals surface area (Å²) in [5.74, 6) is 8.75. The minimum absolute atomic E-state index is 0. The molecule has 3 heterocycles. The second kappa shape index (κ2) is 65.6. The van der Waals surface area contributed by atoms with Gasteiger partial charge in [-0.05, 0) is 50.1 Å². The van der Waals surface area contributed by atoms with Crippen molar-refractivity contribution in [2.24, 2.45) is 5.90 Å². The van der Waals surface area contributed by atoms with Gasteiger partial charge in [-0.3, -0.25) is 14.1 Å². The topological polar surface area (TPSA) is 297 Å².